The highest BCUT2D eigenvalue weighted by atomic mass is 79.9. The lowest BCUT2D eigenvalue weighted by Crippen LogP contribution is -2.15. The third-order valence-corrected chi connectivity index (χ3v) is 3.94. The highest BCUT2D eigenvalue weighted by Gasteiger charge is 2.06. The molecule has 4 heteroatoms. The summed E-state index contributed by atoms with van der Waals surface area (Å²) in [6.45, 7) is 4.56. The molecule has 0 unspecified atom stereocenters. The molecule has 0 radical (unpaired) electrons. The molecule has 112 valence electrons. The van der Waals surface area contributed by atoms with Crippen LogP contribution in [0.3, 0.4) is 0 Å². The van der Waals surface area contributed by atoms with Gasteiger partial charge in [0, 0.05) is 11.0 Å². The van der Waals surface area contributed by atoms with Crippen LogP contribution in [0.1, 0.15) is 24.5 Å². The van der Waals surface area contributed by atoms with Gasteiger partial charge in [-0.25, -0.2) is 0 Å². The monoisotopic (exact) mass is 367 g/mol. The molecule has 0 aliphatic rings. The Balaban J connectivity index is 2.04. The SMILES string of the molecule is CCCNCc1ccccc1COc1cc(Br)ccc1Cl. The first-order valence-electron chi connectivity index (χ1n) is 7.06. The summed E-state index contributed by atoms with van der Waals surface area (Å²) in [5.41, 5.74) is 2.44. The van der Waals surface area contributed by atoms with Gasteiger partial charge in [-0.1, -0.05) is 58.7 Å². The molecule has 0 atom stereocenters. The second kappa shape index (κ2) is 8.42. The van der Waals surface area contributed by atoms with Crippen LogP contribution in [0.5, 0.6) is 5.75 Å². The average Bonchev–Trinajstić information content (AvgIpc) is 2.49. The van der Waals surface area contributed by atoms with Gasteiger partial charge < -0.3 is 10.1 Å². The third-order valence-electron chi connectivity index (χ3n) is 3.14. The van der Waals surface area contributed by atoms with Crippen LogP contribution < -0.4 is 10.1 Å². The van der Waals surface area contributed by atoms with Gasteiger partial charge in [0.2, 0.25) is 0 Å². The molecule has 2 aromatic carbocycles. The van der Waals surface area contributed by atoms with Crippen LogP contribution in [-0.4, -0.2) is 6.54 Å². The standard InChI is InChI=1S/C17H19BrClNO/c1-2-9-20-11-13-5-3-4-6-14(13)12-21-17-10-15(18)7-8-16(17)19/h3-8,10,20H,2,9,11-12H2,1H3. The molecule has 0 spiro atoms. The van der Waals surface area contributed by atoms with Crippen molar-refractivity contribution in [3.05, 3.63) is 63.1 Å². The van der Waals surface area contributed by atoms with Crippen LogP contribution >= 0.6 is 27.5 Å². The van der Waals surface area contributed by atoms with Crippen LogP contribution in [0.15, 0.2) is 46.9 Å². The first kappa shape index (κ1) is 16.3. The minimum absolute atomic E-state index is 0.514. The quantitative estimate of drug-likeness (QED) is 0.680. The second-order valence-electron chi connectivity index (χ2n) is 4.81. The molecule has 0 saturated heterocycles. The predicted octanol–water partition coefficient (Wildman–Crippen LogP) is 5.18. The molecule has 0 saturated carbocycles. The Bertz CT molecular complexity index is 589. The molecule has 0 amide bonds. The summed E-state index contributed by atoms with van der Waals surface area (Å²) < 4.78 is 6.82. The van der Waals surface area contributed by atoms with E-state index in [1.807, 2.05) is 24.3 Å². The number of hydrogen-bond donors (Lipinski definition) is 1. The largest absolute Gasteiger partial charge is 0.487 e. The highest BCUT2D eigenvalue weighted by Crippen LogP contribution is 2.28. The van der Waals surface area contributed by atoms with Crippen LogP contribution in [0.25, 0.3) is 0 Å². The summed E-state index contributed by atoms with van der Waals surface area (Å²) in [6, 6.07) is 13.9. The van der Waals surface area contributed by atoms with Crippen molar-refractivity contribution in [2.24, 2.45) is 0 Å². The first-order chi connectivity index (χ1) is 10.2. The maximum atomic E-state index is 6.15. The van der Waals surface area contributed by atoms with Crippen LogP contribution in [0, 0.1) is 0 Å². The third kappa shape index (κ3) is 5.03. The zero-order valence-electron chi connectivity index (χ0n) is 12.0. The highest BCUT2D eigenvalue weighted by molar-refractivity contribution is 9.10. The van der Waals surface area contributed by atoms with Gasteiger partial charge in [-0.3, -0.25) is 0 Å². The van der Waals surface area contributed by atoms with E-state index in [0.29, 0.717) is 17.4 Å². The summed E-state index contributed by atoms with van der Waals surface area (Å²) in [6.07, 6.45) is 1.13. The van der Waals surface area contributed by atoms with Gasteiger partial charge in [0.1, 0.15) is 12.4 Å². The molecule has 0 fully saturated rings. The van der Waals surface area contributed by atoms with Crippen LogP contribution in [0.4, 0.5) is 0 Å². The number of ether oxygens (including phenoxy) is 1. The lowest BCUT2D eigenvalue weighted by atomic mass is 10.1. The van der Waals surface area contributed by atoms with E-state index in [4.69, 9.17) is 16.3 Å². The number of halogens is 2. The van der Waals surface area contributed by atoms with Gasteiger partial charge in [-0.15, -0.1) is 0 Å². The Labute approximate surface area is 139 Å². The molecule has 2 rings (SSSR count). The number of benzene rings is 2. The molecule has 0 aromatic heterocycles. The van der Waals surface area contributed by atoms with Gasteiger partial charge in [-0.05, 0) is 42.3 Å². The molecular weight excluding hydrogens is 350 g/mol. The fourth-order valence-corrected chi connectivity index (χ4v) is 2.53. The van der Waals surface area contributed by atoms with E-state index in [-0.39, 0.29) is 0 Å². The van der Waals surface area contributed by atoms with E-state index in [1.54, 1.807) is 0 Å². The molecule has 0 aliphatic heterocycles. The van der Waals surface area contributed by atoms with Crippen molar-refractivity contribution in [1.82, 2.24) is 5.32 Å². The van der Waals surface area contributed by atoms with E-state index in [1.165, 1.54) is 11.1 Å². The van der Waals surface area contributed by atoms with E-state index in [9.17, 15) is 0 Å². The minimum Gasteiger partial charge on any atom is -0.487 e. The van der Waals surface area contributed by atoms with Crippen LogP contribution in [-0.2, 0) is 13.2 Å². The van der Waals surface area contributed by atoms with Crippen molar-refractivity contribution >= 4 is 27.5 Å². The van der Waals surface area contributed by atoms with Crippen LogP contribution in [0.2, 0.25) is 5.02 Å². The van der Waals surface area contributed by atoms with Gasteiger partial charge in [-0.2, -0.15) is 0 Å². The maximum Gasteiger partial charge on any atom is 0.139 e. The van der Waals surface area contributed by atoms with Gasteiger partial charge in [0.05, 0.1) is 5.02 Å². The zero-order valence-corrected chi connectivity index (χ0v) is 14.4. The maximum absolute atomic E-state index is 6.15. The fraction of sp³-hybridized carbons (Fsp3) is 0.294. The molecule has 0 heterocycles. The van der Waals surface area contributed by atoms with Crippen molar-refractivity contribution in [3.63, 3.8) is 0 Å². The van der Waals surface area contributed by atoms with E-state index < -0.39 is 0 Å². The molecule has 2 nitrogen and oxygen atoms in total. The van der Waals surface area contributed by atoms with Gasteiger partial charge >= 0.3 is 0 Å². The summed E-state index contributed by atoms with van der Waals surface area (Å²) in [7, 11) is 0. The molecular formula is C17H19BrClNO. The van der Waals surface area contributed by atoms with Crippen molar-refractivity contribution in [3.8, 4) is 5.75 Å². The summed E-state index contributed by atoms with van der Waals surface area (Å²) in [5.74, 6) is 0.697. The van der Waals surface area contributed by atoms with Crippen molar-refractivity contribution in [1.29, 1.82) is 0 Å². The normalized spacial score (nSPS) is 10.6. The summed E-state index contributed by atoms with van der Waals surface area (Å²) >= 11 is 9.58. The number of nitrogens with one attached hydrogen (secondary N) is 1. The summed E-state index contributed by atoms with van der Waals surface area (Å²) in [5, 5.41) is 4.05. The lowest BCUT2D eigenvalue weighted by Gasteiger charge is -2.13. The van der Waals surface area contributed by atoms with Crippen molar-refractivity contribution in [2.75, 3.05) is 6.54 Å². The van der Waals surface area contributed by atoms with Gasteiger partial charge in [0.25, 0.3) is 0 Å². The second-order valence-corrected chi connectivity index (χ2v) is 6.13. The topological polar surface area (TPSA) is 21.3 Å². The molecule has 2 aromatic rings. The Kier molecular flexibility index (Phi) is 6.55. The number of rotatable bonds is 7. The fourth-order valence-electron chi connectivity index (χ4n) is 2.01. The molecule has 0 bridgehead atoms. The Morgan fingerprint density at radius 3 is 2.67 bits per heavy atom. The Morgan fingerprint density at radius 2 is 1.90 bits per heavy atom. The minimum atomic E-state index is 0.514. The predicted molar refractivity (Wildman–Crippen MR) is 91.9 cm³/mol. The smallest absolute Gasteiger partial charge is 0.139 e. The van der Waals surface area contributed by atoms with E-state index >= 15 is 0 Å². The summed E-state index contributed by atoms with van der Waals surface area (Å²) in [4.78, 5) is 0. The van der Waals surface area contributed by atoms with Crippen molar-refractivity contribution in [2.45, 2.75) is 26.5 Å². The Hall–Kier alpha value is -1.03. The van der Waals surface area contributed by atoms with E-state index in [0.717, 1.165) is 24.0 Å². The molecule has 1 N–H and O–H groups in total. The molecule has 0 aliphatic carbocycles. The number of hydrogen-bond acceptors (Lipinski definition) is 2. The first-order valence-corrected chi connectivity index (χ1v) is 8.23. The van der Waals surface area contributed by atoms with Gasteiger partial charge in [0.15, 0.2) is 0 Å². The van der Waals surface area contributed by atoms with E-state index in [2.05, 4.69) is 46.4 Å². The molecule has 21 heavy (non-hydrogen) atoms. The van der Waals surface area contributed by atoms with Crippen molar-refractivity contribution < 1.29 is 4.74 Å². The average molecular weight is 369 g/mol. The zero-order chi connectivity index (χ0) is 15.1. The lowest BCUT2D eigenvalue weighted by molar-refractivity contribution is 0.304. The Morgan fingerprint density at radius 1 is 1.14 bits per heavy atom.